The van der Waals surface area contributed by atoms with E-state index in [0.717, 1.165) is 38.0 Å². The molecule has 0 aliphatic rings. The Morgan fingerprint density at radius 3 is 1.50 bits per heavy atom. The molecule has 0 spiro atoms. The summed E-state index contributed by atoms with van der Waals surface area (Å²) in [7, 11) is 0. The first-order chi connectivity index (χ1) is 11.2. The molecule has 1 rings (SSSR count). The van der Waals surface area contributed by atoms with Gasteiger partial charge in [0, 0.05) is 13.1 Å². The maximum absolute atomic E-state index is 3.60. The molecule has 0 aliphatic carbocycles. The van der Waals surface area contributed by atoms with E-state index in [0.29, 0.717) is 0 Å². The lowest BCUT2D eigenvalue weighted by Crippen LogP contribution is -2.20. The molecule has 0 unspecified atom stereocenters. The minimum atomic E-state index is 0.195. The number of rotatable bonds is 10. The third-order valence-corrected chi connectivity index (χ3v) is 4.37. The summed E-state index contributed by atoms with van der Waals surface area (Å²) in [4.78, 5) is 0. The van der Waals surface area contributed by atoms with Gasteiger partial charge in [-0.25, -0.2) is 0 Å². The SMILES string of the molecule is CC(C)CCNCc1cc(CNCCC(C)C)cc(C(C)(C)C)c1. The predicted octanol–water partition coefficient (Wildman–Crippen LogP) is 5.26. The zero-order valence-electron chi connectivity index (χ0n) is 17.1. The van der Waals surface area contributed by atoms with Gasteiger partial charge in [0.05, 0.1) is 0 Å². The van der Waals surface area contributed by atoms with Crippen LogP contribution in [0.3, 0.4) is 0 Å². The van der Waals surface area contributed by atoms with Gasteiger partial charge in [-0.05, 0) is 59.9 Å². The van der Waals surface area contributed by atoms with Gasteiger partial charge >= 0.3 is 0 Å². The van der Waals surface area contributed by atoms with Gasteiger partial charge in [0.15, 0.2) is 0 Å². The van der Waals surface area contributed by atoms with Crippen LogP contribution < -0.4 is 10.6 Å². The molecule has 2 nitrogen and oxygen atoms in total. The van der Waals surface area contributed by atoms with Crippen LogP contribution in [-0.2, 0) is 18.5 Å². The molecular weight excluding hydrogens is 292 g/mol. The van der Waals surface area contributed by atoms with Crippen molar-refractivity contribution < 1.29 is 0 Å². The van der Waals surface area contributed by atoms with Crippen LogP contribution in [0.1, 0.15) is 78.0 Å². The molecule has 138 valence electrons. The maximum Gasteiger partial charge on any atom is 0.0205 e. The quantitative estimate of drug-likeness (QED) is 0.571. The van der Waals surface area contributed by atoms with Crippen molar-refractivity contribution in [3.05, 3.63) is 34.9 Å². The number of hydrogen-bond acceptors (Lipinski definition) is 2. The first kappa shape index (κ1) is 21.2. The van der Waals surface area contributed by atoms with Crippen LogP contribution >= 0.6 is 0 Å². The van der Waals surface area contributed by atoms with Crippen molar-refractivity contribution in [3.8, 4) is 0 Å². The summed E-state index contributed by atoms with van der Waals surface area (Å²) in [6.07, 6.45) is 2.48. The third-order valence-electron chi connectivity index (χ3n) is 4.37. The molecule has 0 fully saturated rings. The first-order valence-electron chi connectivity index (χ1n) is 9.73. The topological polar surface area (TPSA) is 24.1 Å². The van der Waals surface area contributed by atoms with E-state index in [1.54, 1.807) is 0 Å². The monoisotopic (exact) mass is 332 g/mol. The summed E-state index contributed by atoms with van der Waals surface area (Å²) in [6, 6.07) is 7.11. The summed E-state index contributed by atoms with van der Waals surface area (Å²) in [6.45, 7) is 20.2. The highest BCUT2D eigenvalue weighted by Gasteiger charge is 2.15. The molecule has 0 bridgehead atoms. The smallest absolute Gasteiger partial charge is 0.0205 e. The van der Waals surface area contributed by atoms with Gasteiger partial charge in [-0.3, -0.25) is 0 Å². The maximum atomic E-state index is 3.60. The van der Waals surface area contributed by atoms with Crippen LogP contribution in [0.2, 0.25) is 0 Å². The second kappa shape index (κ2) is 10.2. The highest BCUT2D eigenvalue weighted by Crippen LogP contribution is 2.24. The van der Waals surface area contributed by atoms with E-state index in [1.807, 2.05) is 0 Å². The van der Waals surface area contributed by atoms with E-state index in [-0.39, 0.29) is 5.41 Å². The van der Waals surface area contributed by atoms with E-state index in [1.165, 1.54) is 29.5 Å². The van der Waals surface area contributed by atoms with Crippen LogP contribution in [0.25, 0.3) is 0 Å². The van der Waals surface area contributed by atoms with Gasteiger partial charge in [-0.2, -0.15) is 0 Å². The number of benzene rings is 1. The Bertz CT molecular complexity index is 435. The van der Waals surface area contributed by atoms with Gasteiger partial charge in [-0.15, -0.1) is 0 Å². The fourth-order valence-corrected chi connectivity index (χ4v) is 2.65. The fraction of sp³-hybridized carbons (Fsp3) is 0.727. The Morgan fingerprint density at radius 1 is 0.750 bits per heavy atom. The van der Waals surface area contributed by atoms with Gasteiger partial charge < -0.3 is 10.6 Å². The molecule has 0 saturated carbocycles. The summed E-state index contributed by atoms with van der Waals surface area (Å²) in [5, 5.41) is 7.20. The van der Waals surface area contributed by atoms with Crippen molar-refractivity contribution in [1.29, 1.82) is 0 Å². The standard InChI is InChI=1S/C22H40N2/c1-17(2)8-10-23-15-19-12-20(16-24-11-9-18(3)4)14-21(13-19)22(5,6)7/h12-14,17-18,23-24H,8-11,15-16H2,1-7H3. The average molecular weight is 333 g/mol. The molecule has 0 atom stereocenters. The van der Waals surface area contributed by atoms with Crippen molar-refractivity contribution >= 4 is 0 Å². The molecule has 1 aromatic rings. The molecule has 0 saturated heterocycles. The van der Waals surface area contributed by atoms with Crippen LogP contribution in [0.4, 0.5) is 0 Å². The minimum Gasteiger partial charge on any atom is -0.313 e. The van der Waals surface area contributed by atoms with Crippen LogP contribution in [-0.4, -0.2) is 13.1 Å². The Balaban J connectivity index is 2.69. The zero-order chi connectivity index (χ0) is 18.2. The zero-order valence-corrected chi connectivity index (χ0v) is 17.1. The van der Waals surface area contributed by atoms with Crippen LogP contribution in [0.15, 0.2) is 18.2 Å². The molecule has 2 heteroatoms. The summed E-state index contributed by atoms with van der Waals surface area (Å²) in [5.74, 6) is 1.53. The highest BCUT2D eigenvalue weighted by molar-refractivity contribution is 5.34. The predicted molar refractivity (Wildman–Crippen MR) is 107 cm³/mol. The van der Waals surface area contributed by atoms with Gasteiger partial charge in [0.25, 0.3) is 0 Å². The number of nitrogens with one attached hydrogen (secondary N) is 2. The summed E-state index contributed by atoms with van der Waals surface area (Å²) in [5.41, 5.74) is 4.45. The van der Waals surface area contributed by atoms with Gasteiger partial charge in [-0.1, -0.05) is 66.7 Å². The van der Waals surface area contributed by atoms with Gasteiger partial charge in [0.2, 0.25) is 0 Å². The molecular formula is C22H40N2. The highest BCUT2D eigenvalue weighted by atomic mass is 14.9. The Kier molecular flexibility index (Phi) is 9.01. The molecule has 0 amide bonds. The fourth-order valence-electron chi connectivity index (χ4n) is 2.65. The van der Waals surface area contributed by atoms with E-state index in [2.05, 4.69) is 77.3 Å². The van der Waals surface area contributed by atoms with E-state index in [9.17, 15) is 0 Å². The average Bonchev–Trinajstić information content (AvgIpc) is 2.47. The molecule has 0 radical (unpaired) electrons. The number of hydrogen-bond donors (Lipinski definition) is 2. The molecule has 0 aromatic heterocycles. The van der Waals surface area contributed by atoms with E-state index in [4.69, 9.17) is 0 Å². The molecule has 1 aromatic carbocycles. The summed E-state index contributed by atoms with van der Waals surface area (Å²) >= 11 is 0. The van der Waals surface area contributed by atoms with Crippen molar-refractivity contribution in [2.45, 2.75) is 79.8 Å². The summed E-state index contributed by atoms with van der Waals surface area (Å²) < 4.78 is 0. The van der Waals surface area contributed by atoms with E-state index >= 15 is 0 Å². The Hall–Kier alpha value is -0.860. The van der Waals surface area contributed by atoms with Crippen LogP contribution in [0, 0.1) is 11.8 Å². The van der Waals surface area contributed by atoms with Crippen molar-refractivity contribution in [2.24, 2.45) is 11.8 Å². The molecule has 24 heavy (non-hydrogen) atoms. The Morgan fingerprint density at radius 2 is 1.17 bits per heavy atom. The van der Waals surface area contributed by atoms with E-state index < -0.39 is 0 Å². The van der Waals surface area contributed by atoms with Crippen molar-refractivity contribution in [3.63, 3.8) is 0 Å². The van der Waals surface area contributed by atoms with Crippen molar-refractivity contribution in [2.75, 3.05) is 13.1 Å². The van der Waals surface area contributed by atoms with Crippen molar-refractivity contribution in [1.82, 2.24) is 10.6 Å². The largest absolute Gasteiger partial charge is 0.313 e. The first-order valence-corrected chi connectivity index (χ1v) is 9.73. The van der Waals surface area contributed by atoms with Gasteiger partial charge in [0.1, 0.15) is 0 Å². The normalized spacial score (nSPS) is 12.4. The second-order valence-electron chi connectivity index (χ2n) is 9.01. The lowest BCUT2D eigenvalue weighted by Gasteiger charge is -2.22. The minimum absolute atomic E-state index is 0.195. The lowest BCUT2D eigenvalue weighted by molar-refractivity contribution is 0.533. The second-order valence-corrected chi connectivity index (χ2v) is 9.01. The Labute approximate surface area is 150 Å². The lowest BCUT2D eigenvalue weighted by atomic mass is 9.85. The molecule has 0 aliphatic heterocycles. The molecule has 2 N–H and O–H groups in total. The molecule has 0 heterocycles. The third kappa shape index (κ3) is 8.84. The van der Waals surface area contributed by atoms with Crippen LogP contribution in [0.5, 0.6) is 0 Å².